The van der Waals surface area contributed by atoms with Gasteiger partial charge in [-0.05, 0) is 19.3 Å². The van der Waals surface area contributed by atoms with Crippen molar-refractivity contribution in [1.82, 2.24) is 5.32 Å². The van der Waals surface area contributed by atoms with Crippen molar-refractivity contribution >= 4 is 5.91 Å². The second-order valence-corrected chi connectivity index (χ2v) is 13.9. The van der Waals surface area contributed by atoms with E-state index in [1.165, 1.54) is 161 Å². The molecule has 0 aliphatic carbocycles. The second kappa shape index (κ2) is 35.9. The zero-order valence-corrected chi connectivity index (χ0v) is 30.3. The summed E-state index contributed by atoms with van der Waals surface area (Å²) in [6, 6.07) is -0.791. The highest BCUT2D eigenvalue weighted by atomic mass is 16.3. The molecule has 0 fully saturated rings. The van der Waals surface area contributed by atoms with Crippen LogP contribution in [-0.2, 0) is 4.79 Å². The van der Waals surface area contributed by atoms with Crippen molar-refractivity contribution in [2.24, 2.45) is 0 Å². The Morgan fingerprint density at radius 2 is 0.867 bits per heavy atom. The summed E-state index contributed by atoms with van der Waals surface area (Å²) < 4.78 is 0. The number of rotatable bonds is 36. The fraction of sp³-hybridized carbons (Fsp3) is 0.925. The van der Waals surface area contributed by atoms with E-state index in [2.05, 4.69) is 19.2 Å². The average Bonchev–Trinajstić information content (AvgIpc) is 3.04. The van der Waals surface area contributed by atoms with Gasteiger partial charge in [-0.25, -0.2) is 0 Å². The number of carbonyl (C=O) groups is 1. The van der Waals surface area contributed by atoms with E-state index in [0.717, 1.165) is 32.1 Å². The van der Waals surface area contributed by atoms with E-state index in [4.69, 9.17) is 0 Å². The molecular weight excluding hydrogens is 558 g/mol. The third-order valence-electron chi connectivity index (χ3n) is 9.38. The molecule has 4 N–H and O–H groups in total. The number of carbonyl (C=O) groups excluding carboxylic acids is 1. The lowest BCUT2D eigenvalue weighted by Gasteiger charge is -2.21. The third-order valence-corrected chi connectivity index (χ3v) is 9.38. The Kier molecular flexibility index (Phi) is 35.2. The molecule has 0 heterocycles. The van der Waals surface area contributed by atoms with Crippen LogP contribution in [0.2, 0.25) is 0 Å². The van der Waals surface area contributed by atoms with E-state index < -0.39 is 24.2 Å². The van der Waals surface area contributed by atoms with Gasteiger partial charge in [-0.2, -0.15) is 0 Å². The second-order valence-electron chi connectivity index (χ2n) is 13.9. The van der Waals surface area contributed by atoms with Gasteiger partial charge in [-0.3, -0.25) is 4.79 Å². The van der Waals surface area contributed by atoms with E-state index >= 15 is 0 Å². The lowest BCUT2D eigenvalue weighted by atomic mass is 10.0. The van der Waals surface area contributed by atoms with Crippen LogP contribution in [0.25, 0.3) is 0 Å². The van der Waals surface area contributed by atoms with Crippen molar-refractivity contribution in [3.8, 4) is 0 Å². The van der Waals surface area contributed by atoms with Crippen molar-refractivity contribution in [1.29, 1.82) is 0 Å². The standard InChI is InChI=1S/C40H79NO4/c1-3-5-7-9-11-13-15-17-18-19-20-21-23-25-27-29-31-33-35-39(44)40(45)41-37(36-42)38(43)34-32-30-28-26-24-22-16-14-12-10-8-6-4-2/h32,34,37-39,42-44H,3-31,33,35-36H2,1-2H3,(H,41,45). The van der Waals surface area contributed by atoms with Crippen molar-refractivity contribution in [3.63, 3.8) is 0 Å². The van der Waals surface area contributed by atoms with Gasteiger partial charge in [-0.1, -0.05) is 206 Å². The molecule has 0 rings (SSSR count). The maximum Gasteiger partial charge on any atom is 0.249 e. The smallest absolute Gasteiger partial charge is 0.249 e. The molecule has 3 atom stereocenters. The first kappa shape index (κ1) is 44.1. The number of allylic oxidation sites excluding steroid dienone is 1. The molecular formula is C40H79NO4. The van der Waals surface area contributed by atoms with Gasteiger partial charge in [0.05, 0.1) is 18.8 Å². The summed E-state index contributed by atoms with van der Waals surface area (Å²) in [5, 5.41) is 33.0. The number of aliphatic hydroxyl groups is 3. The minimum absolute atomic E-state index is 0.360. The Morgan fingerprint density at radius 3 is 1.22 bits per heavy atom. The predicted molar refractivity (Wildman–Crippen MR) is 195 cm³/mol. The van der Waals surface area contributed by atoms with E-state index in [1.807, 2.05) is 6.08 Å². The maximum absolute atomic E-state index is 12.4. The Labute approximate surface area is 280 Å². The fourth-order valence-electron chi connectivity index (χ4n) is 6.18. The molecule has 0 aliphatic heterocycles. The molecule has 0 saturated heterocycles. The molecule has 0 aromatic carbocycles. The SMILES string of the molecule is CCCCCCCCCCCCCC=CC(O)C(CO)NC(=O)C(O)CCCCCCCCCCCCCCCCCCCC. The van der Waals surface area contributed by atoms with E-state index in [1.54, 1.807) is 6.08 Å². The summed E-state index contributed by atoms with van der Waals surface area (Å²) in [6.07, 6.45) is 40.9. The Bertz CT molecular complexity index is 625. The highest BCUT2D eigenvalue weighted by Crippen LogP contribution is 2.16. The first-order valence-corrected chi connectivity index (χ1v) is 20.0. The summed E-state index contributed by atoms with van der Waals surface area (Å²) in [4.78, 5) is 12.4. The van der Waals surface area contributed by atoms with Crippen LogP contribution in [0.5, 0.6) is 0 Å². The first-order chi connectivity index (χ1) is 22.1. The minimum Gasteiger partial charge on any atom is -0.394 e. The molecule has 0 bridgehead atoms. The number of nitrogens with one attached hydrogen (secondary N) is 1. The van der Waals surface area contributed by atoms with Gasteiger partial charge in [0.1, 0.15) is 6.10 Å². The summed E-state index contributed by atoms with van der Waals surface area (Å²) in [5.74, 6) is -0.501. The molecule has 0 spiro atoms. The number of amides is 1. The highest BCUT2D eigenvalue weighted by molar-refractivity contribution is 5.80. The molecule has 1 amide bonds. The monoisotopic (exact) mass is 638 g/mol. The summed E-state index contributed by atoms with van der Waals surface area (Å²) in [7, 11) is 0. The van der Waals surface area contributed by atoms with Crippen LogP contribution >= 0.6 is 0 Å². The van der Waals surface area contributed by atoms with E-state index in [9.17, 15) is 20.1 Å². The van der Waals surface area contributed by atoms with Gasteiger partial charge in [0.25, 0.3) is 0 Å². The van der Waals surface area contributed by atoms with Crippen LogP contribution in [0.15, 0.2) is 12.2 Å². The minimum atomic E-state index is -1.09. The molecule has 0 saturated carbocycles. The quantitative estimate of drug-likeness (QED) is 0.0406. The number of hydrogen-bond acceptors (Lipinski definition) is 4. The molecule has 0 radical (unpaired) electrons. The topological polar surface area (TPSA) is 89.8 Å². The van der Waals surface area contributed by atoms with Gasteiger partial charge in [0, 0.05) is 0 Å². The van der Waals surface area contributed by atoms with Crippen LogP contribution < -0.4 is 5.32 Å². The Hall–Kier alpha value is -0.910. The Morgan fingerprint density at radius 1 is 0.533 bits per heavy atom. The third kappa shape index (κ3) is 31.5. The van der Waals surface area contributed by atoms with Gasteiger partial charge >= 0.3 is 0 Å². The molecule has 5 nitrogen and oxygen atoms in total. The molecule has 0 aromatic rings. The largest absolute Gasteiger partial charge is 0.394 e. The van der Waals surface area contributed by atoms with Gasteiger partial charge < -0.3 is 20.6 Å². The average molecular weight is 638 g/mol. The highest BCUT2D eigenvalue weighted by Gasteiger charge is 2.22. The zero-order chi connectivity index (χ0) is 33.1. The van der Waals surface area contributed by atoms with E-state index in [-0.39, 0.29) is 6.61 Å². The molecule has 0 aliphatic rings. The van der Waals surface area contributed by atoms with Crippen LogP contribution in [0.4, 0.5) is 0 Å². The number of aliphatic hydroxyl groups excluding tert-OH is 3. The number of hydrogen-bond donors (Lipinski definition) is 4. The Balaban J connectivity index is 3.67. The first-order valence-electron chi connectivity index (χ1n) is 20.0. The lowest BCUT2D eigenvalue weighted by Crippen LogP contribution is -2.48. The maximum atomic E-state index is 12.4. The zero-order valence-electron chi connectivity index (χ0n) is 30.3. The predicted octanol–water partition coefficient (Wildman–Crippen LogP) is 10.9. The molecule has 268 valence electrons. The van der Waals surface area contributed by atoms with Crippen LogP contribution in [0, 0.1) is 0 Å². The van der Waals surface area contributed by atoms with Crippen molar-refractivity contribution < 1.29 is 20.1 Å². The molecule has 3 unspecified atom stereocenters. The molecule has 5 heteroatoms. The van der Waals surface area contributed by atoms with Crippen LogP contribution in [0.1, 0.15) is 213 Å². The molecule has 45 heavy (non-hydrogen) atoms. The van der Waals surface area contributed by atoms with Crippen molar-refractivity contribution in [3.05, 3.63) is 12.2 Å². The lowest BCUT2D eigenvalue weighted by molar-refractivity contribution is -0.131. The summed E-state index contributed by atoms with van der Waals surface area (Å²) >= 11 is 0. The normalized spacial score (nSPS) is 13.8. The van der Waals surface area contributed by atoms with E-state index in [0.29, 0.717) is 6.42 Å². The fourth-order valence-corrected chi connectivity index (χ4v) is 6.18. The van der Waals surface area contributed by atoms with Crippen LogP contribution in [0.3, 0.4) is 0 Å². The summed E-state index contributed by atoms with van der Waals surface area (Å²) in [6.45, 7) is 4.18. The van der Waals surface area contributed by atoms with Crippen molar-refractivity contribution in [2.45, 2.75) is 231 Å². The van der Waals surface area contributed by atoms with Crippen molar-refractivity contribution in [2.75, 3.05) is 6.61 Å². The molecule has 0 aromatic heterocycles. The van der Waals surface area contributed by atoms with Gasteiger partial charge in [-0.15, -0.1) is 0 Å². The van der Waals surface area contributed by atoms with Crippen LogP contribution in [-0.4, -0.2) is 46.1 Å². The van der Waals surface area contributed by atoms with Gasteiger partial charge in [0.15, 0.2) is 0 Å². The van der Waals surface area contributed by atoms with Gasteiger partial charge in [0.2, 0.25) is 5.91 Å². The summed E-state index contributed by atoms with van der Waals surface area (Å²) in [5.41, 5.74) is 0. The number of unbranched alkanes of at least 4 members (excludes halogenated alkanes) is 28.